The van der Waals surface area contributed by atoms with Crippen molar-refractivity contribution in [1.82, 2.24) is 0 Å². The zero-order valence-corrected chi connectivity index (χ0v) is 10.4. The molecule has 0 aliphatic heterocycles. The van der Waals surface area contributed by atoms with Gasteiger partial charge in [-0.05, 0) is 34.0 Å². The van der Waals surface area contributed by atoms with Crippen LogP contribution in [0.4, 0.5) is 0 Å². The van der Waals surface area contributed by atoms with Gasteiger partial charge in [-0.15, -0.1) is 0 Å². The number of benzene rings is 1. The van der Waals surface area contributed by atoms with E-state index in [2.05, 4.69) is 27.1 Å². The number of hydrogen-bond donors (Lipinski definition) is 0. The minimum absolute atomic E-state index is 0.420. The van der Waals surface area contributed by atoms with Gasteiger partial charge in [-0.25, -0.2) is 8.42 Å². The van der Waals surface area contributed by atoms with Crippen LogP contribution in [0.25, 0.3) is 0 Å². The van der Waals surface area contributed by atoms with E-state index >= 15 is 0 Å². The molecule has 14 heavy (non-hydrogen) atoms. The van der Waals surface area contributed by atoms with Gasteiger partial charge in [0.1, 0.15) is 0 Å². The molecule has 0 unspecified atom stereocenters. The first-order chi connectivity index (χ1) is 6.40. The molecular formula is C9H6BrClO2S. The fraction of sp³-hybridized carbons (Fsp3) is 0.111. The first-order valence-electron chi connectivity index (χ1n) is 3.57. The molecule has 1 rings (SSSR count). The van der Waals surface area contributed by atoms with Gasteiger partial charge < -0.3 is 0 Å². The van der Waals surface area contributed by atoms with Crippen LogP contribution in [0.15, 0.2) is 22.7 Å². The maximum absolute atomic E-state index is 10.8. The normalized spacial score (nSPS) is 10.5. The molecular weight excluding hydrogens is 288 g/mol. The van der Waals surface area contributed by atoms with Gasteiger partial charge in [-0.3, -0.25) is 0 Å². The summed E-state index contributed by atoms with van der Waals surface area (Å²) in [7, 11) is -3.29. The predicted molar refractivity (Wildman–Crippen MR) is 60.9 cm³/mol. The van der Waals surface area contributed by atoms with Crippen molar-refractivity contribution < 1.29 is 8.42 Å². The van der Waals surface area contributed by atoms with Crippen molar-refractivity contribution in [2.75, 3.05) is 6.26 Å². The fourth-order valence-corrected chi connectivity index (χ4v) is 1.58. The van der Waals surface area contributed by atoms with E-state index in [-0.39, 0.29) is 0 Å². The molecule has 0 N–H and O–H groups in total. The van der Waals surface area contributed by atoms with E-state index in [4.69, 9.17) is 11.6 Å². The highest BCUT2D eigenvalue weighted by atomic mass is 79.9. The Morgan fingerprint density at radius 3 is 2.64 bits per heavy atom. The highest BCUT2D eigenvalue weighted by Gasteiger charge is 2.01. The summed E-state index contributed by atoms with van der Waals surface area (Å²) >= 11 is 9.10. The van der Waals surface area contributed by atoms with Gasteiger partial charge in [-0.2, -0.15) is 0 Å². The van der Waals surface area contributed by atoms with E-state index in [1.807, 2.05) is 0 Å². The molecule has 0 radical (unpaired) electrons. The highest BCUT2D eigenvalue weighted by Crippen LogP contribution is 2.25. The monoisotopic (exact) mass is 292 g/mol. The van der Waals surface area contributed by atoms with Crippen molar-refractivity contribution in [2.45, 2.75) is 0 Å². The molecule has 0 fully saturated rings. The second-order valence-corrected chi connectivity index (χ2v) is 5.58. The molecule has 1 aromatic carbocycles. The molecule has 0 spiro atoms. The van der Waals surface area contributed by atoms with Crippen LogP contribution >= 0.6 is 27.5 Å². The maximum Gasteiger partial charge on any atom is 0.214 e. The minimum Gasteiger partial charge on any atom is -0.216 e. The van der Waals surface area contributed by atoms with Gasteiger partial charge in [0.25, 0.3) is 0 Å². The lowest BCUT2D eigenvalue weighted by Gasteiger charge is -1.96. The van der Waals surface area contributed by atoms with Crippen molar-refractivity contribution in [3.8, 4) is 11.2 Å². The second-order valence-electron chi connectivity index (χ2n) is 2.60. The maximum atomic E-state index is 10.8. The summed E-state index contributed by atoms with van der Waals surface area (Å²) in [6.45, 7) is 0. The number of rotatable bonds is 0. The lowest BCUT2D eigenvalue weighted by molar-refractivity contribution is 0.611. The quantitative estimate of drug-likeness (QED) is 0.689. The summed E-state index contributed by atoms with van der Waals surface area (Å²) in [5, 5.41) is 2.54. The van der Waals surface area contributed by atoms with Crippen molar-refractivity contribution in [2.24, 2.45) is 0 Å². The van der Waals surface area contributed by atoms with Crippen LogP contribution in [0.2, 0.25) is 5.02 Å². The second kappa shape index (κ2) is 4.35. The number of hydrogen-bond acceptors (Lipinski definition) is 2. The van der Waals surface area contributed by atoms with Crippen LogP contribution in [0.3, 0.4) is 0 Å². The Morgan fingerprint density at radius 1 is 1.43 bits per heavy atom. The highest BCUT2D eigenvalue weighted by molar-refractivity contribution is 9.10. The Kier molecular flexibility index (Phi) is 3.59. The average Bonchev–Trinajstić information content (AvgIpc) is 2.06. The lowest BCUT2D eigenvalue weighted by Crippen LogP contribution is -1.89. The standard InChI is InChI=1S/C9H6BrClO2S/c1-14(12,13)6-5-7-3-2-4-8(10)9(7)11/h2-4H,1H3. The molecule has 0 bridgehead atoms. The van der Waals surface area contributed by atoms with Crippen LogP contribution in [-0.4, -0.2) is 14.7 Å². The summed E-state index contributed by atoms with van der Waals surface area (Å²) in [6, 6.07) is 5.15. The Hall–Kier alpha value is -0.500. The Morgan fingerprint density at radius 2 is 2.07 bits per heavy atom. The fourth-order valence-electron chi connectivity index (χ4n) is 0.748. The van der Waals surface area contributed by atoms with E-state index in [1.165, 1.54) is 0 Å². The van der Waals surface area contributed by atoms with Crippen molar-refractivity contribution >= 4 is 37.4 Å². The van der Waals surface area contributed by atoms with E-state index in [1.54, 1.807) is 18.2 Å². The molecule has 0 saturated heterocycles. The molecule has 0 amide bonds. The first kappa shape index (κ1) is 11.6. The summed E-state index contributed by atoms with van der Waals surface area (Å²) in [6.07, 6.45) is 1.05. The minimum atomic E-state index is -3.29. The van der Waals surface area contributed by atoms with Gasteiger partial charge >= 0.3 is 0 Å². The van der Waals surface area contributed by atoms with E-state index < -0.39 is 9.84 Å². The molecule has 0 aliphatic carbocycles. The topological polar surface area (TPSA) is 34.1 Å². The van der Waals surface area contributed by atoms with Gasteiger partial charge in [-0.1, -0.05) is 17.7 Å². The lowest BCUT2D eigenvalue weighted by atomic mass is 10.2. The molecule has 1 aromatic rings. The van der Waals surface area contributed by atoms with Crippen LogP contribution in [0.5, 0.6) is 0 Å². The molecule has 0 atom stereocenters. The van der Waals surface area contributed by atoms with Crippen LogP contribution in [0.1, 0.15) is 5.56 Å². The molecule has 0 aromatic heterocycles. The van der Waals surface area contributed by atoms with Gasteiger partial charge in [0.05, 0.1) is 11.3 Å². The smallest absolute Gasteiger partial charge is 0.214 e. The number of halogens is 2. The molecule has 2 nitrogen and oxygen atoms in total. The van der Waals surface area contributed by atoms with Crippen molar-refractivity contribution in [3.63, 3.8) is 0 Å². The largest absolute Gasteiger partial charge is 0.216 e. The number of sulfone groups is 1. The molecule has 74 valence electrons. The zero-order chi connectivity index (χ0) is 10.8. The van der Waals surface area contributed by atoms with E-state index in [9.17, 15) is 8.42 Å². The molecule has 5 heteroatoms. The summed E-state index contributed by atoms with van der Waals surface area (Å²) in [5.74, 6) is 2.49. The summed E-state index contributed by atoms with van der Waals surface area (Å²) in [5.41, 5.74) is 0.492. The van der Waals surface area contributed by atoms with E-state index in [0.717, 1.165) is 6.26 Å². The van der Waals surface area contributed by atoms with E-state index in [0.29, 0.717) is 15.1 Å². The van der Waals surface area contributed by atoms with Crippen molar-refractivity contribution in [1.29, 1.82) is 0 Å². The van der Waals surface area contributed by atoms with Gasteiger partial charge in [0.15, 0.2) is 0 Å². The Bertz CT molecular complexity index is 511. The Balaban J connectivity index is 3.21. The Labute approximate surface area is 96.3 Å². The van der Waals surface area contributed by atoms with Crippen LogP contribution in [0, 0.1) is 11.2 Å². The summed E-state index contributed by atoms with van der Waals surface area (Å²) < 4.78 is 22.2. The third-order valence-corrected chi connectivity index (χ3v) is 3.09. The third kappa shape index (κ3) is 3.33. The molecule has 0 aliphatic rings. The third-order valence-electron chi connectivity index (χ3n) is 1.32. The summed E-state index contributed by atoms with van der Waals surface area (Å²) in [4.78, 5) is 0. The van der Waals surface area contributed by atoms with Gasteiger partial charge in [0.2, 0.25) is 9.84 Å². The predicted octanol–water partition coefficient (Wildman–Crippen LogP) is 2.46. The van der Waals surface area contributed by atoms with Gasteiger partial charge in [0, 0.05) is 15.3 Å². The first-order valence-corrected chi connectivity index (χ1v) is 6.63. The molecule has 0 saturated carbocycles. The average molecular weight is 294 g/mol. The zero-order valence-electron chi connectivity index (χ0n) is 7.21. The SMILES string of the molecule is CS(=O)(=O)C#Cc1cccc(Br)c1Cl. The van der Waals surface area contributed by atoms with Crippen LogP contribution < -0.4 is 0 Å². The molecule has 0 heterocycles. The van der Waals surface area contributed by atoms with Crippen LogP contribution in [-0.2, 0) is 9.84 Å². The van der Waals surface area contributed by atoms with Crippen molar-refractivity contribution in [3.05, 3.63) is 33.3 Å².